The molecule has 1 aliphatic heterocycles. The number of nitrogens with zero attached hydrogens (tertiary/aromatic N) is 2. The summed E-state index contributed by atoms with van der Waals surface area (Å²) in [5, 5.41) is 10.6. The Morgan fingerprint density at radius 2 is 1.92 bits per heavy atom. The molecule has 1 atom stereocenters. The standard InChI is InChI=1S/C29H34ClFN2O4S/c1-36-20-4-3-5-22(16-20)38-15-14-33-12-10-29(11-13-33,18-27(34)35)9-8-25(31)28-23-17-21(37-2)6-7-26(23)32-19-24(28)30/h3-7,16-17,19,25H,8-15,18H2,1-2H3,(H,34,35)/t25-/m1/s1. The number of benzene rings is 2. The van der Waals surface area contributed by atoms with Gasteiger partial charge in [0.15, 0.2) is 0 Å². The Morgan fingerprint density at radius 3 is 2.63 bits per heavy atom. The summed E-state index contributed by atoms with van der Waals surface area (Å²) < 4.78 is 26.4. The maximum absolute atomic E-state index is 15.8. The highest BCUT2D eigenvalue weighted by atomic mass is 35.5. The first-order valence-electron chi connectivity index (χ1n) is 12.8. The second-order valence-corrected chi connectivity index (χ2v) is 11.4. The Labute approximate surface area is 232 Å². The molecule has 2 aromatic carbocycles. The number of thioether (sulfide) groups is 1. The molecule has 1 aliphatic rings. The lowest BCUT2D eigenvalue weighted by atomic mass is 9.71. The van der Waals surface area contributed by atoms with E-state index in [0.29, 0.717) is 28.6 Å². The lowest BCUT2D eigenvalue weighted by Crippen LogP contribution is -2.42. The fourth-order valence-electron chi connectivity index (χ4n) is 5.26. The van der Waals surface area contributed by atoms with Crippen LogP contribution in [0.1, 0.15) is 43.8 Å². The van der Waals surface area contributed by atoms with Crippen LogP contribution in [0.15, 0.2) is 53.6 Å². The van der Waals surface area contributed by atoms with Gasteiger partial charge in [0, 0.05) is 34.3 Å². The van der Waals surface area contributed by atoms with Gasteiger partial charge < -0.3 is 19.5 Å². The largest absolute Gasteiger partial charge is 0.497 e. The molecule has 1 N–H and O–H groups in total. The second-order valence-electron chi connectivity index (χ2n) is 9.85. The number of alkyl halides is 1. The van der Waals surface area contributed by atoms with Crippen molar-refractivity contribution in [1.29, 1.82) is 0 Å². The molecule has 0 saturated carbocycles. The van der Waals surface area contributed by atoms with E-state index in [9.17, 15) is 9.90 Å². The highest BCUT2D eigenvalue weighted by Crippen LogP contribution is 2.44. The summed E-state index contributed by atoms with van der Waals surface area (Å²) in [6.07, 6.45) is 2.34. The second kappa shape index (κ2) is 13.0. The van der Waals surface area contributed by atoms with E-state index in [1.54, 1.807) is 44.2 Å². The molecule has 2 heterocycles. The van der Waals surface area contributed by atoms with Gasteiger partial charge in [0.2, 0.25) is 0 Å². The maximum Gasteiger partial charge on any atom is 0.303 e. The topological polar surface area (TPSA) is 71.9 Å². The molecular formula is C29H34ClFN2O4S. The van der Waals surface area contributed by atoms with Crippen LogP contribution in [0, 0.1) is 5.41 Å². The van der Waals surface area contributed by atoms with Crippen molar-refractivity contribution in [3.05, 3.63) is 59.2 Å². The number of carboxylic acids is 1. The molecule has 1 saturated heterocycles. The number of piperidine rings is 1. The van der Waals surface area contributed by atoms with E-state index in [2.05, 4.69) is 16.0 Å². The van der Waals surface area contributed by atoms with Crippen molar-refractivity contribution in [2.24, 2.45) is 5.41 Å². The number of ether oxygens (including phenoxy) is 2. The molecule has 204 valence electrons. The summed E-state index contributed by atoms with van der Waals surface area (Å²) in [5.41, 5.74) is 0.612. The minimum absolute atomic E-state index is 0.0464. The van der Waals surface area contributed by atoms with Crippen molar-refractivity contribution < 1.29 is 23.8 Å². The molecule has 0 aliphatic carbocycles. The van der Waals surface area contributed by atoms with Crippen LogP contribution in [-0.4, -0.2) is 60.6 Å². The number of hydrogen-bond acceptors (Lipinski definition) is 6. The molecule has 0 unspecified atom stereocenters. The zero-order valence-electron chi connectivity index (χ0n) is 21.8. The van der Waals surface area contributed by atoms with E-state index in [0.717, 1.165) is 48.9 Å². The predicted octanol–water partition coefficient (Wildman–Crippen LogP) is 7.05. The zero-order chi connectivity index (χ0) is 27.1. The number of hydrogen-bond donors (Lipinski definition) is 1. The lowest BCUT2D eigenvalue weighted by Gasteiger charge is -2.41. The number of pyridine rings is 1. The van der Waals surface area contributed by atoms with Crippen molar-refractivity contribution in [2.45, 2.75) is 43.2 Å². The van der Waals surface area contributed by atoms with Crippen molar-refractivity contribution in [3.63, 3.8) is 0 Å². The van der Waals surface area contributed by atoms with E-state index >= 15 is 4.39 Å². The van der Waals surface area contributed by atoms with Crippen LogP contribution < -0.4 is 9.47 Å². The van der Waals surface area contributed by atoms with E-state index < -0.39 is 17.6 Å². The van der Waals surface area contributed by atoms with Gasteiger partial charge in [0.1, 0.15) is 17.7 Å². The van der Waals surface area contributed by atoms with Gasteiger partial charge in [-0.1, -0.05) is 17.7 Å². The van der Waals surface area contributed by atoms with Gasteiger partial charge in [0.25, 0.3) is 0 Å². The molecule has 38 heavy (non-hydrogen) atoms. The Morgan fingerprint density at radius 1 is 1.18 bits per heavy atom. The predicted molar refractivity (Wildman–Crippen MR) is 150 cm³/mol. The van der Waals surface area contributed by atoms with Crippen molar-refractivity contribution in [1.82, 2.24) is 9.88 Å². The SMILES string of the molecule is COc1cccc(SCCN2CCC(CC[C@@H](F)c3c(Cl)cnc4ccc(OC)cc34)(CC(=O)O)CC2)c1. The number of methoxy groups -OCH3 is 2. The Kier molecular flexibility index (Phi) is 9.74. The number of halogens is 2. The number of fused-ring (bicyclic) bond motifs is 1. The van der Waals surface area contributed by atoms with Crippen LogP contribution in [-0.2, 0) is 4.79 Å². The van der Waals surface area contributed by atoms with Gasteiger partial charge >= 0.3 is 5.97 Å². The minimum Gasteiger partial charge on any atom is -0.497 e. The molecule has 0 amide bonds. The van der Waals surface area contributed by atoms with Crippen LogP contribution in [0.5, 0.6) is 11.5 Å². The number of likely N-dealkylation sites (tertiary alicyclic amines) is 1. The highest BCUT2D eigenvalue weighted by molar-refractivity contribution is 7.99. The van der Waals surface area contributed by atoms with Crippen LogP contribution in [0.4, 0.5) is 4.39 Å². The number of carbonyl (C=O) groups is 1. The molecule has 9 heteroatoms. The molecule has 3 aromatic rings. The summed E-state index contributed by atoms with van der Waals surface area (Å²) in [6, 6.07) is 13.3. The first-order valence-corrected chi connectivity index (χ1v) is 14.2. The van der Waals surface area contributed by atoms with Gasteiger partial charge in [-0.05, 0) is 80.6 Å². The normalized spacial score (nSPS) is 16.3. The number of aliphatic carboxylic acids is 1. The van der Waals surface area contributed by atoms with Gasteiger partial charge in [0.05, 0.1) is 31.2 Å². The van der Waals surface area contributed by atoms with Crippen LogP contribution in [0.2, 0.25) is 5.02 Å². The Bertz CT molecular complexity index is 1250. The fraction of sp³-hybridized carbons (Fsp3) is 0.448. The van der Waals surface area contributed by atoms with Crippen LogP contribution in [0.25, 0.3) is 10.9 Å². The average molecular weight is 561 g/mol. The number of rotatable bonds is 12. The highest BCUT2D eigenvalue weighted by Gasteiger charge is 2.37. The smallest absolute Gasteiger partial charge is 0.303 e. The summed E-state index contributed by atoms with van der Waals surface area (Å²) in [6.45, 7) is 2.52. The van der Waals surface area contributed by atoms with Crippen LogP contribution in [0.3, 0.4) is 0 Å². The third kappa shape index (κ3) is 7.10. The molecule has 0 bridgehead atoms. The minimum atomic E-state index is -1.33. The third-order valence-corrected chi connectivity index (χ3v) is 8.75. The molecular weight excluding hydrogens is 527 g/mol. The average Bonchev–Trinajstić information content (AvgIpc) is 2.92. The maximum atomic E-state index is 15.8. The van der Waals surface area contributed by atoms with Crippen molar-refractivity contribution in [2.75, 3.05) is 39.6 Å². The quantitative estimate of drug-likeness (QED) is 0.238. The third-order valence-electron chi connectivity index (χ3n) is 7.47. The molecule has 4 rings (SSSR count). The zero-order valence-corrected chi connectivity index (χ0v) is 23.4. The Balaban J connectivity index is 1.37. The van der Waals surface area contributed by atoms with E-state index in [1.165, 1.54) is 6.20 Å². The molecule has 1 fully saturated rings. The first-order chi connectivity index (χ1) is 18.3. The summed E-state index contributed by atoms with van der Waals surface area (Å²) in [7, 11) is 3.22. The fourth-order valence-corrected chi connectivity index (χ4v) is 6.49. The van der Waals surface area contributed by atoms with Gasteiger partial charge in [-0.25, -0.2) is 4.39 Å². The number of aromatic nitrogens is 1. The van der Waals surface area contributed by atoms with Crippen LogP contribution >= 0.6 is 23.4 Å². The summed E-state index contributed by atoms with van der Waals surface area (Å²) in [4.78, 5) is 19.6. The first kappa shape index (κ1) is 28.5. The van der Waals surface area contributed by atoms with E-state index in [4.69, 9.17) is 21.1 Å². The summed E-state index contributed by atoms with van der Waals surface area (Å²) in [5.74, 6) is 1.55. The Hall–Kier alpha value is -2.55. The van der Waals surface area contributed by atoms with E-state index in [-0.39, 0.29) is 17.9 Å². The lowest BCUT2D eigenvalue weighted by molar-refractivity contribution is -0.141. The molecule has 0 spiro atoms. The van der Waals surface area contributed by atoms with Crippen molar-refractivity contribution in [3.8, 4) is 11.5 Å². The molecule has 0 radical (unpaired) electrons. The molecule has 6 nitrogen and oxygen atoms in total. The van der Waals surface area contributed by atoms with Gasteiger partial charge in [-0.15, -0.1) is 11.8 Å². The van der Waals surface area contributed by atoms with Crippen molar-refractivity contribution >= 4 is 40.2 Å². The monoisotopic (exact) mass is 560 g/mol. The van der Waals surface area contributed by atoms with E-state index in [1.807, 2.05) is 18.2 Å². The van der Waals surface area contributed by atoms with Gasteiger partial charge in [-0.2, -0.15) is 0 Å². The summed E-state index contributed by atoms with van der Waals surface area (Å²) >= 11 is 8.19. The number of carboxylic acid groups (broad SMARTS) is 1. The van der Waals surface area contributed by atoms with Gasteiger partial charge in [-0.3, -0.25) is 9.78 Å². The molecule has 1 aromatic heterocycles.